The molecule has 1 aromatic rings. The lowest BCUT2D eigenvalue weighted by molar-refractivity contribution is 1.01. The van der Waals surface area contributed by atoms with Crippen LogP contribution in [-0.2, 0) is 0 Å². The normalized spacial score (nSPS) is 11.7. The predicted octanol–water partition coefficient (Wildman–Crippen LogP) is 2.44. The van der Waals surface area contributed by atoms with Crippen molar-refractivity contribution in [2.24, 2.45) is 5.73 Å². The molecule has 1 heteroatoms. The Balaban J connectivity index is 2.71. The van der Waals surface area contributed by atoms with Crippen molar-refractivity contribution in [3.63, 3.8) is 0 Å². The summed E-state index contributed by atoms with van der Waals surface area (Å²) < 4.78 is 0. The Bertz CT molecular complexity index is 249. The summed E-state index contributed by atoms with van der Waals surface area (Å²) in [5.41, 5.74) is 8.00. The van der Waals surface area contributed by atoms with Crippen molar-refractivity contribution in [1.82, 2.24) is 0 Å². The first-order valence-corrected chi connectivity index (χ1v) is 4.27. The topological polar surface area (TPSA) is 26.0 Å². The van der Waals surface area contributed by atoms with Gasteiger partial charge in [0.15, 0.2) is 0 Å². The van der Waals surface area contributed by atoms with Crippen LogP contribution in [0.15, 0.2) is 36.4 Å². The van der Waals surface area contributed by atoms with Gasteiger partial charge < -0.3 is 5.73 Å². The molecule has 0 spiro atoms. The summed E-state index contributed by atoms with van der Waals surface area (Å²) in [7, 11) is 0. The molecule has 0 radical (unpaired) electrons. The fraction of sp³-hybridized carbons (Fsp3) is 0.273. The molecule has 12 heavy (non-hydrogen) atoms. The van der Waals surface area contributed by atoms with Gasteiger partial charge in [0.25, 0.3) is 0 Å². The van der Waals surface area contributed by atoms with E-state index in [1.54, 1.807) is 0 Å². The van der Waals surface area contributed by atoms with E-state index in [-0.39, 0.29) is 0 Å². The van der Waals surface area contributed by atoms with Gasteiger partial charge >= 0.3 is 0 Å². The van der Waals surface area contributed by atoms with Crippen LogP contribution >= 0.6 is 0 Å². The van der Waals surface area contributed by atoms with Gasteiger partial charge in [0.1, 0.15) is 0 Å². The number of hydrogen-bond acceptors (Lipinski definition) is 1. The molecule has 0 aliphatic rings. The third-order valence-electron chi connectivity index (χ3n) is 1.85. The highest BCUT2D eigenvalue weighted by atomic mass is 14.5. The first kappa shape index (κ1) is 9.01. The van der Waals surface area contributed by atoms with Gasteiger partial charge in [-0.05, 0) is 31.0 Å². The van der Waals surface area contributed by atoms with Gasteiger partial charge in [-0.3, -0.25) is 0 Å². The molecule has 0 atom stereocenters. The number of allylic oxidation sites excluding steroid dienone is 1. The van der Waals surface area contributed by atoms with Crippen molar-refractivity contribution < 1.29 is 0 Å². The Hall–Kier alpha value is -1.08. The average molecular weight is 161 g/mol. The van der Waals surface area contributed by atoms with E-state index in [9.17, 15) is 0 Å². The molecule has 2 N–H and O–H groups in total. The van der Waals surface area contributed by atoms with Crippen LogP contribution in [0.5, 0.6) is 0 Å². The first-order valence-electron chi connectivity index (χ1n) is 4.27. The van der Waals surface area contributed by atoms with Crippen molar-refractivity contribution in [1.29, 1.82) is 0 Å². The highest BCUT2D eigenvalue weighted by Crippen LogP contribution is 2.12. The number of nitrogens with two attached hydrogens (primary N) is 1. The van der Waals surface area contributed by atoms with Crippen LogP contribution in [0.25, 0.3) is 5.57 Å². The van der Waals surface area contributed by atoms with Crippen molar-refractivity contribution in [3.8, 4) is 0 Å². The van der Waals surface area contributed by atoms with E-state index in [1.807, 2.05) is 6.07 Å². The maximum absolute atomic E-state index is 5.41. The minimum atomic E-state index is 0.726. The van der Waals surface area contributed by atoms with Crippen LogP contribution in [0, 0.1) is 0 Å². The molecule has 0 aliphatic heterocycles. The molecular formula is C11H15N. The van der Waals surface area contributed by atoms with Crippen molar-refractivity contribution in [3.05, 3.63) is 42.0 Å². The van der Waals surface area contributed by atoms with Gasteiger partial charge in [-0.2, -0.15) is 0 Å². The van der Waals surface area contributed by atoms with Crippen LogP contribution in [0.4, 0.5) is 0 Å². The Morgan fingerprint density at radius 1 is 1.33 bits per heavy atom. The lowest BCUT2D eigenvalue weighted by Crippen LogP contribution is -1.95. The van der Waals surface area contributed by atoms with Crippen LogP contribution in [0.2, 0.25) is 0 Å². The van der Waals surface area contributed by atoms with E-state index in [1.165, 1.54) is 11.1 Å². The summed E-state index contributed by atoms with van der Waals surface area (Å²) in [6.45, 7) is 2.84. The third-order valence-corrected chi connectivity index (χ3v) is 1.85. The standard InChI is InChI=1S/C11H15N/c1-10(6-5-9-12)11-7-3-2-4-8-11/h2-4,6-8H,5,9,12H2,1H3/b10-6+. The monoisotopic (exact) mass is 161 g/mol. The molecule has 0 fully saturated rings. The van der Waals surface area contributed by atoms with Gasteiger partial charge in [0.2, 0.25) is 0 Å². The Morgan fingerprint density at radius 3 is 2.58 bits per heavy atom. The fourth-order valence-corrected chi connectivity index (χ4v) is 1.12. The van der Waals surface area contributed by atoms with E-state index >= 15 is 0 Å². The molecule has 0 saturated heterocycles. The Morgan fingerprint density at radius 2 is 2.00 bits per heavy atom. The minimum Gasteiger partial charge on any atom is -0.330 e. The number of hydrogen-bond donors (Lipinski definition) is 1. The molecule has 0 heterocycles. The fourth-order valence-electron chi connectivity index (χ4n) is 1.12. The zero-order valence-corrected chi connectivity index (χ0v) is 7.46. The molecule has 0 unspecified atom stereocenters. The molecule has 1 rings (SSSR count). The summed E-state index contributed by atoms with van der Waals surface area (Å²) in [4.78, 5) is 0. The van der Waals surface area contributed by atoms with Crippen molar-refractivity contribution >= 4 is 5.57 Å². The molecule has 0 bridgehead atoms. The van der Waals surface area contributed by atoms with E-state index in [0.29, 0.717) is 0 Å². The molecule has 1 nitrogen and oxygen atoms in total. The minimum absolute atomic E-state index is 0.726. The average Bonchev–Trinajstić information content (AvgIpc) is 2.15. The summed E-state index contributed by atoms with van der Waals surface area (Å²) >= 11 is 0. The summed E-state index contributed by atoms with van der Waals surface area (Å²) in [6.07, 6.45) is 3.13. The lowest BCUT2D eigenvalue weighted by atomic mass is 10.1. The third kappa shape index (κ3) is 2.51. The van der Waals surface area contributed by atoms with Gasteiger partial charge in [-0.25, -0.2) is 0 Å². The highest BCUT2D eigenvalue weighted by Gasteiger charge is 1.91. The van der Waals surface area contributed by atoms with Crippen molar-refractivity contribution in [2.75, 3.05) is 6.54 Å². The zero-order valence-electron chi connectivity index (χ0n) is 7.46. The highest BCUT2D eigenvalue weighted by molar-refractivity contribution is 5.63. The van der Waals surface area contributed by atoms with Crippen molar-refractivity contribution in [2.45, 2.75) is 13.3 Å². The Labute approximate surface area is 73.9 Å². The summed E-state index contributed by atoms with van der Waals surface area (Å²) in [5.74, 6) is 0. The SMILES string of the molecule is C/C(=C\CCN)c1ccccc1. The molecule has 0 aliphatic carbocycles. The van der Waals surface area contributed by atoms with Gasteiger partial charge in [0, 0.05) is 0 Å². The zero-order chi connectivity index (χ0) is 8.81. The van der Waals surface area contributed by atoms with Crippen LogP contribution in [0.3, 0.4) is 0 Å². The Kier molecular flexibility index (Phi) is 3.55. The van der Waals surface area contributed by atoms with E-state index in [4.69, 9.17) is 5.73 Å². The lowest BCUT2D eigenvalue weighted by Gasteiger charge is -1.99. The predicted molar refractivity (Wildman–Crippen MR) is 53.8 cm³/mol. The van der Waals surface area contributed by atoms with Gasteiger partial charge in [0.05, 0.1) is 0 Å². The molecule has 0 saturated carbocycles. The smallest absolute Gasteiger partial charge is 0.00424 e. The first-order chi connectivity index (χ1) is 5.84. The summed E-state index contributed by atoms with van der Waals surface area (Å²) in [5, 5.41) is 0. The quantitative estimate of drug-likeness (QED) is 0.724. The molecule has 1 aromatic carbocycles. The van der Waals surface area contributed by atoms with E-state index in [0.717, 1.165) is 13.0 Å². The summed E-state index contributed by atoms with van der Waals surface area (Å²) in [6, 6.07) is 10.4. The van der Waals surface area contributed by atoms with E-state index < -0.39 is 0 Å². The maximum Gasteiger partial charge on any atom is -0.00424 e. The second kappa shape index (κ2) is 4.73. The van der Waals surface area contributed by atoms with E-state index in [2.05, 4.69) is 37.3 Å². The number of benzene rings is 1. The molecular weight excluding hydrogens is 146 g/mol. The van der Waals surface area contributed by atoms with Gasteiger partial charge in [-0.15, -0.1) is 0 Å². The molecule has 64 valence electrons. The van der Waals surface area contributed by atoms with Crippen LogP contribution in [-0.4, -0.2) is 6.54 Å². The van der Waals surface area contributed by atoms with Crippen LogP contribution in [0.1, 0.15) is 18.9 Å². The largest absolute Gasteiger partial charge is 0.330 e. The molecule has 0 aromatic heterocycles. The van der Waals surface area contributed by atoms with Gasteiger partial charge in [-0.1, -0.05) is 36.4 Å². The number of rotatable bonds is 3. The maximum atomic E-state index is 5.41. The second-order valence-electron chi connectivity index (χ2n) is 2.83. The van der Waals surface area contributed by atoms with Crippen LogP contribution < -0.4 is 5.73 Å². The second-order valence-corrected chi connectivity index (χ2v) is 2.83. The molecule has 0 amide bonds.